The number of amides is 1. The molecule has 1 fully saturated rings. The lowest BCUT2D eigenvalue weighted by Crippen LogP contribution is -2.67. The van der Waals surface area contributed by atoms with Crippen molar-refractivity contribution in [1.82, 2.24) is 4.90 Å². The maximum atomic E-state index is 13.7. The number of phenolic OH excluding ortho intramolecular Hbond substituents is 1. The fraction of sp³-hybridized carbons (Fsp3) is 0.409. The Hall–Kier alpha value is -3.21. The van der Waals surface area contributed by atoms with Crippen molar-refractivity contribution in [3.05, 3.63) is 46.2 Å². The van der Waals surface area contributed by atoms with Crippen LogP contribution in [0.3, 0.4) is 0 Å². The number of carbonyl (C=O) groups is 3. The van der Waals surface area contributed by atoms with Gasteiger partial charge in [0, 0.05) is 17.4 Å². The first-order valence-electron chi connectivity index (χ1n) is 9.97. The van der Waals surface area contributed by atoms with E-state index in [0.29, 0.717) is 0 Å². The first-order valence-corrected chi connectivity index (χ1v) is 9.97. The SMILES string of the molecule is CN(C)[C@H]1C(=O)C(C(N)=O)=C(O)[C@@]2(O)C(=O)C3=C(O)c4c(O)cccc4[C@@](C)(O)C3C[C@@H]12. The van der Waals surface area contributed by atoms with E-state index in [1.807, 2.05) is 0 Å². The van der Waals surface area contributed by atoms with Gasteiger partial charge in [-0.15, -0.1) is 0 Å². The molecule has 1 unspecified atom stereocenters. The van der Waals surface area contributed by atoms with Gasteiger partial charge in [0.05, 0.1) is 17.2 Å². The first-order chi connectivity index (χ1) is 14.8. The highest BCUT2D eigenvalue weighted by atomic mass is 16.3. The summed E-state index contributed by atoms with van der Waals surface area (Å²) in [5.41, 5.74) is -0.548. The van der Waals surface area contributed by atoms with Gasteiger partial charge >= 0.3 is 0 Å². The van der Waals surface area contributed by atoms with Crippen LogP contribution >= 0.6 is 0 Å². The summed E-state index contributed by atoms with van der Waals surface area (Å²) in [5, 5.41) is 54.9. The Morgan fingerprint density at radius 1 is 1.16 bits per heavy atom. The number of nitrogens with zero attached hydrogens (tertiary/aromatic N) is 1. The highest BCUT2D eigenvalue weighted by Crippen LogP contribution is 2.57. The number of nitrogens with two attached hydrogens (primary N) is 1. The largest absolute Gasteiger partial charge is 0.508 e. The third-order valence-electron chi connectivity index (χ3n) is 7.02. The van der Waals surface area contributed by atoms with E-state index in [1.54, 1.807) is 0 Å². The number of aliphatic hydroxyl groups excluding tert-OH is 2. The van der Waals surface area contributed by atoms with E-state index in [4.69, 9.17) is 5.73 Å². The lowest BCUT2D eigenvalue weighted by molar-refractivity contribution is -0.159. The van der Waals surface area contributed by atoms with Crippen molar-refractivity contribution < 1.29 is 39.9 Å². The molecule has 1 amide bonds. The summed E-state index contributed by atoms with van der Waals surface area (Å²) >= 11 is 0. The molecule has 0 aromatic heterocycles. The lowest BCUT2D eigenvalue weighted by Gasteiger charge is -2.53. The van der Waals surface area contributed by atoms with Gasteiger partial charge in [-0.3, -0.25) is 19.3 Å². The predicted octanol–water partition coefficient (Wildman–Crippen LogP) is -0.371. The van der Waals surface area contributed by atoms with Gasteiger partial charge in [-0.25, -0.2) is 0 Å². The molecule has 1 saturated carbocycles. The number of aromatic hydroxyl groups is 1. The number of primary amides is 1. The molecular weight excluding hydrogens is 420 g/mol. The summed E-state index contributed by atoms with van der Waals surface area (Å²) in [7, 11) is 3.01. The number of fused-ring (bicyclic) bond motifs is 3. The number of ketones is 2. The van der Waals surface area contributed by atoms with E-state index in [1.165, 1.54) is 44.1 Å². The number of hydrogen-bond acceptors (Lipinski definition) is 9. The quantitative estimate of drug-likeness (QED) is 0.332. The molecule has 1 aromatic rings. The number of phenols is 1. The average molecular weight is 444 g/mol. The second-order valence-corrected chi connectivity index (χ2v) is 8.96. The number of benzene rings is 1. The number of rotatable bonds is 2. The van der Waals surface area contributed by atoms with Crippen molar-refractivity contribution in [2.24, 2.45) is 17.6 Å². The van der Waals surface area contributed by atoms with Crippen LogP contribution in [-0.2, 0) is 20.0 Å². The maximum absolute atomic E-state index is 13.7. The summed E-state index contributed by atoms with van der Waals surface area (Å²) in [6.07, 6.45) is -0.200. The zero-order valence-electron chi connectivity index (χ0n) is 17.7. The minimum atomic E-state index is -2.75. The molecule has 0 radical (unpaired) electrons. The van der Waals surface area contributed by atoms with E-state index in [-0.39, 0.29) is 17.5 Å². The van der Waals surface area contributed by atoms with Crippen molar-refractivity contribution in [3.8, 4) is 5.75 Å². The van der Waals surface area contributed by atoms with Crippen LogP contribution in [0.2, 0.25) is 0 Å². The van der Waals surface area contributed by atoms with Crippen molar-refractivity contribution in [2.75, 3.05) is 14.1 Å². The molecule has 4 rings (SSSR count). The monoisotopic (exact) mass is 444 g/mol. The maximum Gasteiger partial charge on any atom is 0.255 e. The number of carbonyl (C=O) groups excluding carboxylic acids is 3. The second-order valence-electron chi connectivity index (χ2n) is 8.96. The van der Waals surface area contributed by atoms with Crippen LogP contribution in [0.15, 0.2) is 35.1 Å². The highest BCUT2D eigenvalue weighted by molar-refractivity contribution is 6.24. The molecule has 1 aromatic carbocycles. The molecule has 0 bridgehead atoms. The summed E-state index contributed by atoms with van der Waals surface area (Å²) in [6, 6.07) is 3.02. The number of Topliss-reactive ketones (excluding diaryl/α,β-unsaturated/α-hetero) is 2. The fourth-order valence-corrected chi connectivity index (χ4v) is 5.50. The van der Waals surface area contributed by atoms with Crippen LogP contribution in [0.5, 0.6) is 5.75 Å². The standard InChI is InChI=1S/C22H24N2O8/c1-21(31)8-5-4-6-11(25)12(8)16(26)13-9(21)7-10-15(24(2)3)17(27)14(20(23)30)19(29)22(10,32)18(13)28/h4-6,9-10,15,25-26,29,31-32H,7H2,1-3H3,(H2,23,30)/t9?,10-,15+,21+,22-/m0/s1. The predicted molar refractivity (Wildman–Crippen MR) is 110 cm³/mol. The first kappa shape index (κ1) is 22.0. The molecule has 0 heterocycles. The molecule has 10 nitrogen and oxygen atoms in total. The van der Waals surface area contributed by atoms with Gasteiger partial charge < -0.3 is 31.3 Å². The van der Waals surface area contributed by atoms with E-state index in [9.17, 15) is 39.9 Å². The van der Waals surface area contributed by atoms with Crippen LogP contribution in [0.25, 0.3) is 5.76 Å². The summed E-state index contributed by atoms with van der Waals surface area (Å²) < 4.78 is 0. The van der Waals surface area contributed by atoms with Crippen LogP contribution < -0.4 is 5.73 Å². The average Bonchev–Trinajstić information content (AvgIpc) is 2.68. The van der Waals surface area contributed by atoms with Crippen molar-refractivity contribution >= 4 is 23.2 Å². The Bertz CT molecular complexity index is 1150. The van der Waals surface area contributed by atoms with Gasteiger partial charge in [0.2, 0.25) is 5.78 Å². The molecular formula is C22H24N2O8. The zero-order chi connectivity index (χ0) is 23.9. The van der Waals surface area contributed by atoms with E-state index in [0.717, 1.165) is 0 Å². The molecule has 7 N–H and O–H groups in total. The minimum absolute atomic E-state index is 0.170. The molecule has 10 heteroatoms. The summed E-state index contributed by atoms with van der Waals surface area (Å²) in [6.45, 7) is 1.40. The molecule has 0 aliphatic heterocycles. The number of likely N-dealkylation sites (N-methyl/N-ethyl adjacent to an activating group) is 1. The number of aliphatic hydroxyl groups is 4. The zero-order valence-corrected chi connectivity index (χ0v) is 17.7. The molecule has 3 aliphatic carbocycles. The Morgan fingerprint density at radius 3 is 2.34 bits per heavy atom. The normalized spacial score (nSPS) is 34.4. The van der Waals surface area contributed by atoms with Crippen LogP contribution in [-0.4, -0.2) is 73.6 Å². The van der Waals surface area contributed by atoms with Crippen LogP contribution in [0, 0.1) is 11.8 Å². The minimum Gasteiger partial charge on any atom is -0.508 e. The lowest BCUT2D eigenvalue weighted by atomic mass is 9.54. The highest BCUT2D eigenvalue weighted by Gasteiger charge is 2.66. The molecule has 3 aliphatic rings. The summed E-state index contributed by atoms with van der Waals surface area (Å²) in [5.74, 6) is -7.90. The Balaban J connectivity index is 2.05. The van der Waals surface area contributed by atoms with Crippen LogP contribution in [0.4, 0.5) is 0 Å². The molecule has 5 atom stereocenters. The van der Waals surface area contributed by atoms with Crippen molar-refractivity contribution in [2.45, 2.75) is 30.6 Å². The fourth-order valence-electron chi connectivity index (χ4n) is 5.50. The van der Waals surface area contributed by atoms with E-state index in [2.05, 4.69) is 0 Å². The third-order valence-corrected chi connectivity index (χ3v) is 7.02. The third kappa shape index (κ3) is 2.48. The van der Waals surface area contributed by atoms with Gasteiger partial charge in [-0.05, 0) is 39.1 Å². The van der Waals surface area contributed by atoms with Crippen molar-refractivity contribution in [1.29, 1.82) is 0 Å². The van der Waals surface area contributed by atoms with Crippen molar-refractivity contribution in [3.63, 3.8) is 0 Å². The molecule has 32 heavy (non-hydrogen) atoms. The smallest absolute Gasteiger partial charge is 0.255 e. The van der Waals surface area contributed by atoms with Gasteiger partial charge in [-0.1, -0.05) is 12.1 Å². The molecule has 0 spiro atoms. The second kappa shape index (κ2) is 6.64. The Kier molecular flexibility index (Phi) is 4.57. The van der Waals surface area contributed by atoms with Crippen LogP contribution in [0.1, 0.15) is 24.5 Å². The van der Waals surface area contributed by atoms with E-state index >= 15 is 0 Å². The van der Waals surface area contributed by atoms with Gasteiger partial charge in [0.15, 0.2) is 11.4 Å². The topological polar surface area (TPSA) is 182 Å². The van der Waals surface area contributed by atoms with Gasteiger partial charge in [0.25, 0.3) is 5.91 Å². The Labute approximate surface area is 182 Å². The number of hydrogen-bond donors (Lipinski definition) is 6. The molecule has 0 saturated heterocycles. The summed E-state index contributed by atoms with van der Waals surface area (Å²) in [4.78, 5) is 40.0. The van der Waals surface area contributed by atoms with E-state index < -0.39 is 75.0 Å². The van der Waals surface area contributed by atoms with Gasteiger partial charge in [0.1, 0.15) is 22.8 Å². The Morgan fingerprint density at radius 2 is 1.78 bits per heavy atom. The van der Waals surface area contributed by atoms with Gasteiger partial charge in [-0.2, -0.15) is 0 Å². The molecule has 170 valence electrons.